The Balaban J connectivity index is 3.93. The van der Waals surface area contributed by atoms with Crippen LogP contribution in [0.1, 0.15) is 97.8 Å². The lowest BCUT2D eigenvalue weighted by molar-refractivity contribution is -0.163. The van der Waals surface area contributed by atoms with E-state index in [1.807, 2.05) is 6.92 Å². The lowest BCUT2D eigenvalue weighted by Crippen LogP contribution is -2.23. The van der Waals surface area contributed by atoms with Crippen molar-refractivity contribution in [3.05, 3.63) is 0 Å². The van der Waals surface area contributed by atoms with E-state index in [4.69, 9.17) is 26.8 Å². The number of unbranched alkanes of at least 4 members (excludes halogenated alkanes) is 6. The monoisotopic (exact) mass is 346 g/mol. The molecule has 23 heavy (non-hydrogen) atoms. The smallest absolute Gasteiger partial charge is 0.156 e. The minimum Gasteiger partial charge on any atom is -0.502 e. The van der Waals surface area contributed by atoms with Gasteiger partial charge in [-0.25, -0.2) is 0 Å². The van der Waals surface area contributed by atoms with Gasteiger partial charge in [-0.05, 0) is 44.8 Å². The summed E-state index contributed by atoms with van der Waals surface area (Å²) in [5.41, 5.74) is 0. The highest BCUT2D eigenvalue weighted by atomic mass is 32.1. The maximum absolute atomic E-state index is 9.15. The highest BCUT2D eigenvalue weighted by molar-refractivity contribution is 7.80. The summed E-state index contributed by atoms with van der Waals surface area (Å²) in [6, 6.07) is 0. The number of rotatable bonds is 17. The van der Waals surface area contributed by atoms with Gasteiger partial charge in [0.1, 0.15) is 0 Å². The predicted octanol–water partition coefficient (Wildman–Crippen LogP) is 6.34. The molecule has 1 N–H and O–H groups in total. The minimum atomic E-state index is -0.148. The largest absolute Gasteiger partial charge is 0.502 e. The SMILES string of the molecule is CCCCCCCCCC(CCCC(O)=S)OC(C)OCCC. The van der Waals surface area contributed by atoms with Crippen LogP contribution in [0.5, 0.6) is 0 Å². The van der Waals surface area contributed by atoms with Crippen LogP contribution in [0.3, 0.4) is 0 Å². The van der Waals surface area contributed by atoms with Crippen LogP contribution in [0, 0.1) is 0 Å². The van der Waals surface area contributed by atoms with Crippen molar-refractivity contribution in [2.24, 2.45) is 0 Å². The molecule has 0 bridgehead atoms. The zero-order valence-electron chi connectivity index (χ0n) is 15.5. The van der Waals surface area contributed by atoms with Gasteiger partial charge in [-0.1, -0.05) is 58.8 Å². The van der Waals surface area contributed by atoms with Crippen molar-refractivity contribution in [2.75, 3.05) is 6.61 Å². The first-order valence-corrected chi connectivity index (χ1v) is 9.99. The summed E-state index contributed by atoms with van der Waals surface area (Å²) in [5.74, 6) is 0. The zero-order chi connectivity index (χ0) is 17.3. The molecule has 0 rings (SSSR count). The molecule has 0 aliphatic carbocycles. The van der Waals surface area contributed by atoms with Gasteiger partial charge in [-0.2, -0.15) is 0 Å². The molecule has 0 aromatic heterocycles. The summed E-state index contributed by atoms with van der Waals surface area (Å²) < 4.78 is 11.7. The van der Waals surface area contributed by atoms with Gasteiger partial charge in [0.05, 0.1) is 6.10 Å². The van der Waals surface area contributed by atoms with E-state index in [-0.39, 0.29) is 17.4 Å². The van der Waals surface area contributed by atoms with Crippen molar-refractivity contribution >= 4 is 17.3 Å². The number of aliphatic hydroxyl groups is 1. The molecular weight excluding hydrogens is 308 g/mol. The van der Waals surface area contributed by atoms with E-state index in [9.17, 15) is 0 Å². The molecule has 0 aliphatic rings. The number of hydrogen-bond acceptors (Lipinski definition) is 3. The van der Waals surface area contributed by atoms with Crippen LogP contribution in [0.4, 0.5) is 0 Å². The van der Waals surface area contributed by atoms with Gasteiger partial charge >= 0.3 is 0 Å². The molecule has 0 saturated carbocycles. The second kappa shape index (κ2) is 16.7. The fraction of sp³-hybridized carbons (Fsp3) is 0.947. The average Bonchev–Trinajstić information content (AvgIpc) is 2.51. The van der Waals surface area contributed by atoms with Gasteiger partial charge < -0.3 is 14.6 Å². The van der Waals surface area contributed by atoms with Crippen molar-refractivity contribution in [3.63, 3.8) is 0 Å². The summed E-state index contributed by atoms with van der Waals surface area (Å²) in [6.45, 7) is 7.07. The number of hydrogen-bond donors (Lipinski definition) is 1. The molecular formula is C19H38O3S. The first kappa shape index (κ1) is 22.8. The summed E-state index contributed by atoms with van der Waals surface area (Å²) in [5, 5.41) is 9.25. The zero-order valence-corrected chi connectivity index (χ0v) is 16.3. The number of ether oxygens (including phenoxy) is 2. The van der Waals surface area contributed by atoms with Crippen molar-refractivity contribution in [3.8, 4) is 0 Å². The summed E-state index contributed by atoms with van der Waals surface area (Å²) >= 11 is 4.74. The molecule has 0 heterocycles. The van der Waals surface area contributed by atoms with Crippen LogP contribution in [-0.2, 0) is 9.47 Å². The minimum absolute atomic E-state index is 0.106. The van der Waals surface area contributed by atoms with Crippen molar-refractivity contribution in [2.45, 2.75) is 110 Å². The molecule has 0 radical (unpaired) electrons. The van der Waals surface area contributed by atoms with E-state index < -0.39 is 0 Å². The lowest BCUT2D eigenvalue weighted by atomic mass is 10.0. The second-order valence-electron chi connectivity index (χ2n) is 6.39. The Hall–Kier alpha value is -0.190. The van der Waals surface area contributed by atoms with Crippen LogP contribution in [0.2, 0.25) is 0 Å². The molecule has 2 atom stereocenters. The van der Waals surface area contributed by atoms with E-state index in [1.165, 1.54) is 44.9 Å². The van der Waals surface area contributed by atoms with Gasteiger partial charge in [-0.15, -0.1) is 0 Å². The van der Waals surface area contributed by atoms with E-state index in [0.29, 0.717) is 6.42 Å². The highest BCUT2D eigenvalue weighted by Gasteiger charge is 2.13. The molecule has 2 unspecified atom stereocenters. The number of thiocarbonyl (C=S) groups is 1. The Labute approximate surface area is 149 Å². The maximum atomic E-state index is 9.15. The van der Waals surface area contributed by atoms with Crippen LogP contribution < -0.4 is 0 Å². The first-order chi connectivity index (χ1) is 11.1. The van der Waals surface area contributed by atoms with Crippen LogP contribution in [-0.4, -0.2) is 29.2 Å². The standard InChI is InChI=1S/C19H38O3S/c1-4-6-7-8-9-10-11-13-18(14-12-15-19(20)23)22-17(3)21-16-5-2/h17-18H,4-16H2,1-3H3,(H,20,23). The van der Waals surface area contributed by atoms with E-state index in [2.05, 4.69) is 13.8 Å². The van der Waals surface area contributed by atoms with Gasteiger partial charge in [0.15, 0.2) is 11.3 Å². The molecule has 0 fully saturated rings. The second-order valence-corrected chi connectivity index (χ2v) is 6.86. The van der Waals surface area contributed by atoms with Crippen LogP contribution in [0.15, 0.2) is 0 Å². The third-order valence-corrected chi connectivity index (χ3v) is 4.19. The fourth-order valence-corrected chi connectivity index (χ4v) is 2.83. The molecule has 0 amide bonds. The Morgan fingerprint density at radius 1 is 0.913 bits per heavy atom. The van der Waals surface area contributed by atoms with E-state index in [0.717, 1.165) is 32.3 Å². The fourth-order valence-electron chi connectivity index (χ4n) is 2.68. The molecule has 0 aromatic rings. The topological polar surface area (TPSA) is 38.7 Å². The Bertz CT molecular complexity index is 271. The predicted molar refractivity (Wildman–Crippen MR) is 102 cm³/mol. The van der Waals surface area contributed by atoms with E-state index >= 15 is 0 Å². The third-order valence-electron chi connectivity index (χ3n) is 3.99. The summed E-state index contributed by atoms with van der Waals surface area (Å²) in [6.07, 6.45) is 13.8. The molecule has 4 heteroatoms. The average molecular weight is 347 g/mol. The van der Waals surface area contributed by atoms with Crippen LogP contribution >= 0.6 is 12.2 Å². The van der Waals surface area contributed by atoms with Gasteiger partial charge in [-0.3, -0.25) is 0 Å². The van der Waals surface area contributed by atoms with Crippen molar-refractivity contribution in [1.82, 2.24) is 0 Å². The van der Waals surface area contributed by atoms with Crippen LogP contribution in [0.25, 0.3) is 0 Å². The molecule has 0 spiro atoms. The van der Waals surface area contributed by atoms with Gasteiger partial charge in [0.2, 0.25) is 0 Å². The third kappa shape index (κ3) is 16.5. The summed E-state index contributed by atoms with van der Waals surface area (Å²) in [4.78, 5) is 0. The normalized spacial score (nSPS) is 13.9. The van der Waals surface area contributed by atoms with Gasteiger partial charge in [0.25, 0.3) is 0 Å². The summed E-state index contributed by atoms with van der Waals surface area (Å²) in [7, 11) is 0. The molecule has 138 valence electrons. The first-order valence-electron chi connectivity index (χ1n) is 9.59. The molecule has 0 aromatic carbocycles. The van der Waals surface area contributed by atoms with Crippen molar-refractivity contribution < 1.29 is 14.6 Å². The molecule has 3 nitrogen and oxygen atoms in total. The Morgan fingerprint density at radius 3 is 2.13 bits per heavy atom. The van der Waals surface area contributed by atoms with E-state index in [1.54, 1.807) is 0 Å². The Morgan fingerprint density at radius 2 is 1.52 bits per heavy atom. The number of aliphatic hydroxyl groups excluding tert-OH is 1. The molecule has 0 saturated heterocycles. The Kier molecular flexibility index (Phi) is 16.5. The lowest BCUT2D eigenvalue weighted by Gasteiger charge is -2.22. The highest BCUT2D eigenvalue weighted by Crippen LogP contribution is 2.17. The molecule has 0 aliphatic heterocycles. The maximum Gasteiger partial charge on any atom is 0.156 e. The quantitative estimate of drug-likeness (QED) is 0.189. The van der Waals surface area contributed by atoms with Gasteiger partial charge in [0, 0.05) is 13.0 Å². The van der Waals surface area contributed by atoms with Crippen molar-refractivity contribution in [1.29, 1.82) is 0 Å².